The number of benzene rings is 1. The van der Waals surface area contributed by atoms with E-state index >= 15 is 0 Å². The van der Waals surface area contributed by atoms with Crippen molar-refractivity contribution in [3.63, 3.8) is 0 Å². The smallest absolute Gasteiger partial charge is 0.269 e. The molecule has 0 bridgehead atoms. The normalized spacial score (nSPS) is 30.1. The average molecular weight is 333 g/mol. The highest BCUT2D eigenvalue weighted by Crippen LogP contribution is 2.44. The van der Waals surface area contributed by atoms with Gasteiger partial charge in [0.2, 0.25) is 0 Å². The van der Waals surface area contributed by atoms with E-state index in [0.717, 1.165) is 24.8 Å². The van der Waals surface area contributed by atoms with E-state index in [-0.39, 0.29) is 22.8 Å². The molecule has 0 radical (unpaired) electrons. The van der Waals surface area contributed by atoms with Crippen LogP contribution in [-0.2, 0) is 9.47 Å². The number of non-ortho nitro benzene ring substituents is 1. The van der Waals surface area contributed by atoms with Crippen LogP contribution in [0.3, 0.4) is 0 Å². The number of hydrogen-bond acceptors (Lipinski definition) is 4. The van der Waals surface area contributed by atoms with E-state index in [1.165, 1.54) is 31.4 Å². The molecule has 24 heavy (non-hydrogen) atoms. The number of rotatable bonds is 5. The van der Waals surface area contributed by atoms with Gasteiger partial charge in [0.25, 0.3) is 5.69 Å². The van der Waals surface area contributed by atoms with Crippen LogP contribution in [0.15, 0.2) is 24.3 Å². The van der Waals surface area contributed by atoms with Crippen molar-refractivity contribution in [1.82, 2.24) is 0 Å². The molecular weight excluding hydrogens is 306 g/mol. The first kappa shape index (κ1) is 17.4. The molecule has 5 nitrogen and oxygen atoms in total. The van der Waals surface area contributed by atoms with E-state index in [1.807, 2.05) is 0 Å². The second-order valence-electron chi connectivity index (χ2n) is 6.98. The zero-order valence-corrected chi connectivity index (χ0v) is 14.5. The van der Waals surface area contributed by atoms with Gasteiger partial charge in [-0.15, -0.1) is 0 Å². The fourth-order valence-corrected chi connectivity index (χ4v) is 4.23. The minimum Gasteiger partial charge on any atom is -0.345 e. The van der Waals surface area contributed by atoms with Crippen molar-refractivity contribution in [2.24, 2.45) is 11.8 Å². The highest BCUT2D eigenvalue weighted by molar-refractivity contribution is 5.33. The Morgan fingerprint density at radius 2 is 1.79 bits per heavy atom. The van der Waals surface area contributed by atoms with Gasteiger partial charge in [-0.2, -0.15) is 0 Å². The van der Waals surface area contributed by atoms with Crippen molar-refractivity contribution in [3.8, 4) is 0 Å². The summed E-state index contributed by atoms with van der Waals surface area (Å²) in [6, 6.07) is 6.58. The summed E-state index contributed by atoms with van der Waals surface area (Å²) in [7, 11) is 0. The fraction of sp³-hybridized carbons (Fsp3) is 0.684. The SMILES string of the molecule is CCC(CC)[C@@H]1O[C@H](c2ccc([N+](=O)[O-])cc2)O[C@@H]2CCCC[C@@H]21. The molecule has 1 aromatic carbocycles. The second-order valence-corrected chi connectivity index (χ2v) is 6.98. The summed E-state index contributed by atoms with van der Waals surface area (Å²) in [5.41, 5.74) is 0.974. The maximum atomic E-state index is 10.8. The molecule has 1 aliphatic heterocycles. The predicted octanol–water partition coefficient (Wildman–Crippen LogP) is 5.00. The maximum Gasteiger partial charge on any atom is 0.269 e. The van der Waals surface area contributed by atoms with Gasteiger partial charge in [-0.3, -0.25) is 10.1 Å². The molecule has 0 unspecified atom stereocenters. The Labute approximate surface area is 143 Å². The first-order valence-electron chi connectivity index (χ1n) is 9.19. The second kappa shape index (κ2) is 7.62. The lowest BCUT2D eigenvalue weighted by Crippen LogP contribution is -2.47. The van der Waals surface area contributed by atoms with Crippen molar-refractivity contribution in [2.45, 2.75) is 70.9 Å². The Morgan fingerprint density at radius 3 is 2.42 bits per heavy atom. The third-order valence-corrected chi connectivity index (χ3v) is 5.64. The number of hydrogen-bond donors (Lipinski definition) is 0. The summed E-state index contributed by atoms with van der Waals surface area (Å²) >= 11 is 0. The Morgan fingerprint density at radius 1 is 1.12 bits per heavy atom. The molecule has 0 aromatic heterocycles. The van der Waals surface area contributed by atoms with Gasteiger partial charge in [0, 0.05) is 23.6 Å². The van der Waals surface area contributed by atoms with Crippen LogP contribution in [0.25, 0.3) is 0 Å². The Bertz CT molecular complexity index is 555. The van der Waals surface area contributed by atoms with Gasteiger partial charge < -0.3 is 9.47 Å². The molecule has 4 atom stereocenters. The van der Waals surface area contributed by atoms with Gasteiger partial charge in [0.1, 0.15) is 0 Å². The predicted molar refractivity (Wildman–Crippen MR) is 91.6 cm³/mol. The minimum atomic E-state index is -0.407. The summed E-state index contributed by atoms with van der Waals surface area (Å²) in [4.78, 5) is 10.5. The molecule has 0 N–H and O–H groups in total. The van der Waals surface area contributed by atoms with Gasteiger partial charge in [0.05, 0.1) is 17.1 Å². The van der Waals surface area contributed by atoms with E-state index in [1.54, 1.807) is 12.1 Å². The molecule has 1 aromatic rings. The Hall–Kier alpha value is -1.46. The Kier molecular flexibility index (Phi) is 5.51. The number of ether oxygens (including phenoxy) is 2. The highest BCUT2D eigenvalue weighted by Gasteiger charge is 2.43. The highest BCUT2D eigenvalue weighted by atomic mass is 16.7. The number of fused-ring (bicyclic) bond motifs is 1. The lowest BCUT2D eigenvalue weighted by atomic mass is 9.76. The van der Waals surface area contributed by atoms with Crippen molar-refractivity contribution in [1.29, 1.82) is 0 Å². The first-order chi connectivity index (χ1) is 11.6. The van der Waals surface area contributed by atoms with Crippen molar-refractivity contribution in [3.05, 3.63) is 39.9 Å². The fourth-order valence-electron chi connectivity index (χ4n) is 4.23. The zero-order valence-electron chi connectivity index (χ0n) is 14.5. The van der Waals surface area contributed by atoms with E-state index in [9.17, 15) is 10.1 Å². The first-order valence-corrected chi connectivity index (χ1v) is 9.19. The van der Waals surface area contributed by atoms with Crippen molar-refractivity contribution >= 4 is 5.69 Å². The standard InChI is InChI=1S/C19H27NO4/c1-3-13(4-2)18-16-7-5-6-8-17(16)23-19(24-18)14-9-11-15(12-10-14)20(21)22/h9-13,16-19H,3-8H2,1-2H3/t16-,17+,18-,19+/m0/s1. The molecule has 2 fully saturated rings. The van der Waals surface area contributed by atoms with Gasteiger partial charge in [-0.1, -0.05) is 39.5 Å². The van der Waals surface area contributed by atoms with E-state index in [4.69, 9.17) is 9.47 Å². The largest absolute Gasteiger partial charge is 0.345 e. The zero-order chi connectivity index (χ0) is 17.1. The van der Waals surface area contributed by atoms with Crippen LogP contribution in [-0.4, -0.2) is 17.1 Å². The number of nitro groups is 1. The summed E-state index contributed by atoms with van der Waals surface area (Å²) in [5.74, 6) is 1.03. The monoisotopic (exact) mass is 333 g/mol. The number of nitro benzene ring substituents is 1. The number of nitrogens with zero attached hydrogens (tertiary/aromatic N) is 1. The third-order valence-electron chi connectivity index (χ3n) is 5.64. The Balaban J connectivity index is 1.82. The van der Waals surface area contributed by atoms with Crippen LogP contribution >= 0.6 is 0 Å². The van der Waals surface area contributed by atoms with E-state index in [2.05, 4.69) is 13.8 Å². The van der Waals surface area contributed by atoms with Crippen LogP contribution in [0, 0.1) is 22.0 Å². The molecule has 2 aliphatic rings. The van der Waals surface area contributed by atoms with Crippen LogP contribution in [0.4, 0.5) is 5.69 Å². The molecule has 1 saturated carbocycles. The van der Waals surface area contributed by atoms with Crippen LogP contribution in [0.1, 0.15) is 64.2 Å². The van der Waals surface area contributed by atoms with E-state index in [0.29, 0.717) is 11.8 Å². The van der Waals surface area contributed by atoms with E-state index < -0.39 is 6.29 Å². The maximum absolute atomic E-state index is 10.8. The molecule has 5 heteroatoms. The van der Waals surface area contributed by atoms with Gasteiger partial charge in [-0.25, -0.2) is 0 Å². The summed E-state index contributed by atoms with van der Waals surface area (Å²) < 4.78 is 12.6. The summed E-state index contributed by atoms with van der Waals surface area (Å²) in [6.07, 6.45) is 7.02. The van der Waals surface area contributed by atoms with Crippen molar-refractivity contribution in [2.75, 3.05) is 0 Å². The molecule has 1 saturated heterocycles. The quantitative estimate of drug-likeness (QED) is 0.561. The van der Waals surface area contributed by atoms with Crippen LogP contribution < -0.4 is 0 Å². The van der Waals surface area contributed by atoms with Crippen molar-refractivity contribution < 1.29 is 14.4 Å². The molecule has 1 heterocycles. The minimum absolute atomic E-state index is 0.0987. The lowest BCUT2D eigenvalue weighted by Gasteiger charge is -2.47. The van der Waals surface area contributed by atoms with Gasteiger partial charge in [0.15, 0.2) is 6.29 Å². The van der Waals surface area contributed by atoms with Crippen LogP contribution in [0.2, 0.25) is 0 Å². The lowest BCUT2D eigenvalue weighted by molar-refractivity contribution is -0.384. The van der Waals surface area contributed by atoms with Gasteiger partial charge in [-0.05, 0) is 30.9 Å². The third kappa shape index (κ3) is 3.47. The van der Waals surface area contributed by atoms with Crippen LogP contribution in [0.5, 0.6) is 0 Å². The van der Waals surface area contributed by atoms with Gasteiger partial charge >= 0.3 is 0 Å². The molecular formula is C19H27NO4. The molecule has 0 spiro atoms. The molecule has 0 amide bonds. The molecule has 132 valence electrons. The summed E-state index contributed by atoms with van der Waals surface area (Å²) in [5, 5.41) is 10.8. The topological polar surface area (TPSA) is 61.6 Å². The molecule has 1 aliphatic carbocycles. The summed E-state index contributed by atoms with van der Waals surface area (Å²) in [6.45, 7) is 4.46. The molecule has 3 rings (SSSR count). The average Bonchev–Trinajstić information content (AvgIpc) is 2.62.